The van der Waals surface area contributed by atoms with Crippen LogP contribution in [0, 0.1) is 0 Å². The minimum absolute atomic E-state index is 0. The molecule has 5 heavy (non-hydrogen) atoms. The summed E-state index contributed by atoms with van der Waals surface area (Å²) >= 11 is 0. The van der Waals surface area contributed by atoms with E-state index in [1.807, 2.05) is 0 Å². The van der Waals surface area contributed by atoms with Crippen molar-refractivity contribution >= 4 is 29.1 Å². The summed E-state index contributed by atoms with van der Waals surface area (Å²) in [6.45, 7) is 0. The van der Waals surface area contributed by atoms with Crippen molar-refractivity contribution in [1.29, 1.82) is 0 Å². The first-order valence-corrected chi connectivity index (χ1v) is 0.781. The van der Waals surface area contributed by atoms with Gasteiger partial charge in [0.1, 0.15) is 0 Å². The molecule has 0 saturated heterocycles. The van der Waals surface area contributed by atoms with Crippen molar-refractivity contribution in [2.75, 3.05) is 0 Å². The minimum atomic E-state index is -0.833. The van der Waals surface area contributed by atoms with Crippen LogP contribution in [0.25, 0.3) is 0 Å². The van der Waals surface area contributed by atoms with Gasteiger partial charge in [-0.05, 0) is 0 Å². The molecule has 24 valence electrons. The van der Waals surface area contributed by atoms with Gasteiger partial charge in [-0.3, -0.25) is 0 Å². The molecule has 0 atom stereocenters. The van der Waals surface area contributed by atoms with Crippen LogP contribution < -0.4 is 11.5 Å². The van der Waals surface area contributed by atoms with Gasteiger partial charge in [0.25, 0.3) is 0 Å². The molecule has 0 aliphatic carbocycles. The molecule has 0 aromatic carbocycles. The van der Waals surface area contributed by atoms with Crippen LogP contribution in [0.1, 0.15) is 0 Å². The van der Waals surface area contributed by atoms with Crippen LogP contribution in [-0.2, 0) is 0 Å². The Morgan fingerprint density at radius 3 is 1.40 bits per heavy atom. The zero-order valence-corrected chi connectivity index (χ0v) is 4.18. The largest absolute Gasteiger partial charge is 2.00 e. The van der Waals surface area contributed by atoms with E-state index in [2.05, 4.69) is 11.5 Å². The van der Waals surface area contributed by atoms with Crippen molar-refractivity contribution < 1.29 is 4.79 Å². The van der Waals surface area contributed by atoms with Gasteiger partial charge in [-0.2, -0.15) is 0 Å². The molecule has 0 aromatic rings. The Hall–Kier alpha value is 0.0362. The van der Waals surface area contributed by atoms with Crippen LogP contribution in [0.15, 0.2) is 0 Å². The van der Waals surface area contributed by atoms with Crippen LogP contribution in [0.3, 0.4) is 0 Å². The molecule has 0 spiro atoms. The Kier molecular flexibility index (Phi) is 7.18. The molecule has 0 rings (SSSR count). The molecular weight excluding hydrogens is 80.3 g/mol. The van der Waals surface area contributed by atoms with Crippen LogP contribution in [-0.4, -0.2) is 29.1 Å². The maximum Gasteiger partial charge on any atom is 2.00 e. The van der Waals surface area contributed by atoms with E-state index in [0.29, 0.717) is 0 Å². The van der Waals surface area contributed by atoms with Crippen LogP contribution in [0.2, 0.25) is 0 Å². The van der Waals surface area contributed by atoms with Gasteiger partial charge in [0.05, 0.1) is 0 Å². The summed E-state index contributed by atoms with van der Waals surface area (Å²) in [5.74, 6) is 0. The second-order valence-corrected chi connectivity index (χ2v) is 0.402. The summed E-state index contributed by atoms with van der Waals surface area (Å²) in [7, 11) is 0. The molecule has 0 aliphatic rings. The average molecular weight is 84.4 g/mol. The fourth-order valence-corrected chi connectivity index (χ4v) is 0. The third-order valence-electron chi connectivity index (χ3n) is 0. The molecule has 3 nitrogen and oxygen atoms in total. The second-order valence-electron chi connectivity index (χ2n) is 0.402. The van der Waals surface area contributed by atoms with Crippen LogP contribution in [0.4, 0.5) is 4.79 Å². The van der Waals surface area contributed by atoms with E-state index >= 15 is 0 Å². The van der Waals surface area contributed by atoms with Gasteiger partial charge in [-0.1, -0.05) is 0 Å². The molecule has 4 N–H and O–H groups in total. The van der Waals surface area contributed by atoms with Crippen LogP contribution in [0.5, 0.6) is 0 Å². The molecule has 0 aliphatic heterocycles. The normalized spacial score (nSPS) is 4.80. The van der Waals surface area contributed by atoms with E-state index in [1.54, 1.807) is 0 Å². The van der Waals surface area contributed by atoms with Gasteiger partial charge in [0, 0.05) is 0 Å². The third kappa shape index (κ3) is 12700. The standard InChI is InChI=1S/CH4N2O.Mg/c2-1(3)4;/h(H4,2,3,4);/q;+2. The molecule has 0 saturated carbocycles. The Bertz CT molecular complexity index is 32.6. The van der Waals surface area contributed by atoms with Crippen molar-refractivity contribution in [2.24, 2.45) is 11.5 Å². The number of rotatable bonds is 0. The van der Waals surface area contributed by atoms with Gasteiger partial charge in [0.15, 0.2) is 0 Å². The van der Waals surface area contributed by atoms with E-state index in [4.69, 9.17) is 4.79 Å². The summed E-state index contributed by atoms with van der Waals surface area (Å²) in [4.78, 5) is 9.00. The van der Waals surface area contributed by atoms with E-state index in [1.165, 1.54) is 0 Å². The average Bonchev–Trinajstić information content (AvgIpc) is 0.811. The van der Waals surface area contributed by atoms with Crippen molar-refractivity contribution in [2.45, 2.75) is 0 Å². The number of hydrogen-bond acceptors (Lipinski definition) is 1. The molecule has 4 heteroatoms. The van der Waals surface area contributed by atoms with Gasteiger partial charge in [0.2, 0.25) is 0 Å². The molecule has 0 radical (unpaired) electrons. The van der Waals surface area contributed by atoms with Gasteiger partial charge in [-0.25, -0.2) is 4.79 Å². The van der Waals surface area contributed by atoms with E-state index in [9.17, 15) is 0 Å². The fraction of sp³-hybridized carbons (Fsp3) is 0. The molecule has 0 unspecified atom stereocenters. The Morgan fingerprint density at radius 1 is 1.40 bits per heavy atom. The first-order chi connectivity index (χ1) is 1.73. The summed E-state index contributed by atoms with van der Waals surface area (Å²) < 4.78 is 0. The first kappa shape index (κ1) is 8.90. The van der Waals surface area contributed by atoms with E-state index in [0.717, 1.165) is 0 Å². The third-order valence-corrected chi connectivity index (χ3v) is 0. The van der Waals surface area contributed by atoms with E-state index in [-0.39, 0.29) is 23.1 Å². The Morgan fingerprint density at radius 2 is 1.40 bits per heavy atom. The molecule has 0 heterocycles. The van der Waals surface area contributed by atoms with Crippen molar-refractivity contribution in [3.05, 3.63) is 0 Å². The van der Waals surface area contributed by atoms with Crippen LogP contribution >= 0.6 is 0 Å². The summed E-state index contributed by atoms with van der Waals surface area (Å²) in [5, 5.41) is 0. The summed E-state index contributed by atoms with van der Waals surface area (Å²) in [6, 6.07) is -0.833. The molecular formula is CH4MgN2O+2. The van der Waals surface area contributed by atoms with E-state index < -0.39 is 6.03 Å². The molecule has 0 bridgehead atoms. The first-order valence-electron chi connectivity index (χ1n) is 0.781. The minimum Gasteiger partial charge on any atom is -0.352 e. The number of urea groups is 1. The number of nitrogens with two attached hydrogens (primary N) is 2. The maximum absolute atomic E-state index is 9.00. The molecule has 0 aromatic heterocycles. The monoisotopic (exact) mass is 84.0 g/mol. The Labute approximate surface area is 45.9 Å². The quantitative estimate of drug-likeness (QED) is 0.350. The number of primary amides is 2. The molecule has 2 amide bonds. The van der Waals surface area contributed by atoms with Crippen molar-refractivity contribution in [3.63, 3.8) is 0 Å². The smallest absolute Gasteiger partial charge is 0.352 e. The van der Waals surface area contributed by atoms with Gasteiger partial charge < -0.3 is 11.5 Å². The number of hydrogen-bond donors (Lipinski definition) is 2. The number of carbonyl (C=O) groups is 1. The zero-order valence-electron chi connectivity index (χ0n) is 2.77. The maximum atomic E-state index is 9.00. The SMILES string of the molecule is NC(N)=O.[Mg+2]. The van der Waals surface area contributed by atoms with Crippen molar-refractivity contribution in [1.82, 2.24) is 0 Å². The van der Waals surface area contributed by atoms with Crippen molar-refractivity contribution in [3.8, 4) is 0 Å². The zero-order chi connectivity index (χ0) is 3.58. The predicted molar refractivity (Wildman–Crippen MR) is 19.5 cm³/mol. The van der Waals surface area contributed by atoms with Gasteiger partial charge in [-0.15, -0.1) is 0 Å². The van der Waals surface area contributed by atoms with Gasteiger partial charge >= 0.3 is 29.1 Å². The number of carbonyl (C=O) groups excluding carboxylic acids is 1. The molecule has 0 fully saturated rings. The Balaban J connectivity index is 0. The summed E-state index contributed by atoms with van der Waals surface area (Å²) in [6.07, 6.45) is 0. The fourth-order valence-electron chi connectivity index (χ4n) is 0. The number of amides is 2. The second kappa shape index (κ2) is 4.04. The topological polar surface area (TPSA) is 69.1 Å². The summed E-state index contributed by atoms with van der Waals surface area (Å²) in [5.41, 5.74) is 8.50. The predicted octanol–water partition coefficient (Wildman–Crippen LogP) is -1.36.